The molecule has 2 heterocycles. The van der Waals surface area contributed by atoms with Crippen molar-refractivity contribution in [2.45, 2.75) is 38.3 Å². The number of hydrogen-bond donors (Lipinski definition) is 2. The number of hydrogen-bond acceptors (Lipinski definition) is 2. The second kappa shape index (κ2) is 2.73. The minimum absolute atomic E-state index is 0.108. The molecule has 2 fully saturated rings. The van der Waals surface area contributed by atoms with E-state index in [1.165, 1.54) is 6.42 Å². The molecule has 2 saturated heterocycles. The normalized spacial score (nSPS) is 46.1. The van der Waals surface area contributed by atoms with E-state index in [1.807, 2.05) is 0 Å². The van der Waals surface area contributed by atoms with Crippen LogP contribution in [-0.2, 0) is 4.79 Å². The predicted octanol–water partition coefficient (Wildman–Crippen LogP) is 0.848. The smallest absolute Gasteiger partial charge is 0.306 e. The van der Waals surface area contributed by atoms with Crippen LogP contribution >= 0.6 is 0 Å². The maximum atomic E-state index is 10.9. The molecule has 0 aliphatic carbocycles. The van der Waals surface area contributed by atoms with E-state index in [0.29, 0.717) is 18.0 Å². The Balaban J connectivity index is 2.12. The summed E-state index contributed by atoms with van der Waals surface area (Å²) in [5.41, 5.74) is 0. The molecule has 0 spiro atoms. The van der Waals surface area contributed by atoms with Gasteiger partial charge in [-0.1, -0.05) is 6.92 Å². The lowest BCUT2D eigenvalue weighted by molar-refractivity contribution is -0.145. The molecule has 68 valence electrons. The van der Waals surface area contributed by atoms with Gasteiger partial charge in [0, 0.05) is 12.1 Å². The van der Waals surface area contributed by atoms with Crippen LogP contribution in [0, 0.1) is 11.8 Å². The SMILES string of the molecule is CC1C2CCC(CC1C(=O)O)N2. The lowest BCUT2D eigenvalue weighted by Crippen LogP contribution is -2.46. The predicted molar refractivity (Wildman–Crippen MR) is 44.9 cm³/mol. The van der Waals surface area contributed by atoms with Crippen LogP contribution in [0.2, 0.25) is 0 Å². The van der Waals surface area contributed by atoms with Crippen LogP contribution in [0.1, 0.15) is 26.2 Å². The first-order chi connectivity index (χ1) is 5.68. The molecule has 2 bridgehead atoms. The van der Waals surface area contributed by atoms with Gasteiger partial charge in [-0.3, -0.25) is 4.79 Å². The highest BCUT2D eigenvalue weighted by Crippen LogP contribution is 2.35. The van der Waals surface area contributed by atoms with Crippen LogP contribution in [0.25, 0.3) is 0 Å². The fourth-order valence-corrected chi connectivity index (χ4v) is 2.58. The molecule has 0 amide bonds. The molecule has 2 rings (SSSR count). The van der Waals surface area contributed by atoms with E-state index in [2.05, 4.69) is 12.2 Å². The zero-order valence-corrected chi connectivity index (χ0v) is 7.29. The number of aliphatic carboxylic acids is 1. The van der Waals surface area contributed by atoms with Gasteiger partial charge in [-0.05, 0) is 25.2 Å². The first-order valence-electron chi connectivity index (χ1n) is 4.67. The summed E-state index contributed by atoms with van der Waals surface area (Å²) >= 11 is 0. The van der Waals surface area contributed by atoms with Crippen LogP contribution in [-0.4, -0.2) is 23.2 Å². The maximum Gasteiger partial charge on any atom is 0.306 e. The number of carboxylic acids is 1. The molecule has 0 saturated carbocycles. The lowest BCUT2D eigenvalue weighted by atomic mass is 9.83. The number of nitrogens with one attached hydrogen (secondary N) is 1. The standard InChI is InChI=1S/C9H15NO2/c1-5-7(9(11)12)4-6-2-3-8(5)10-6/h5-8,10H,2-4H2,1H3,(H,11,12). The molecule has 0 radical (unpaired) electrons. The quantitative estimate of drug-likeness (QED) is 0.611. The van der Waals surface area contributed by atoms with Gasteiger partial charge in [0.25, 0.3) is 0 Å². The van der Waals surface area contributed by atoms with Crippen molar-refractivity contribution in [2.24, 2.45) is 11.8 Å². The summed E-state index contributed by atoms with van der Waals surface area (Å²) < 4.78 is 0. The summed E-state index contributed by atoms with van der Waals surface area (Å²) in [5.74, 6) is -0.411. The summed E-state index contributed by atoms with van der Waals surface area (Å²) in [6.45, 7) is 2.05. The summed E-state index contributed by atoms with van der Waals surface area (Å²) in [5, 5.41) is 12.4. The molecule has 12 heavy (non-hydrogen) atoms. The Hall–Kier alpha value is -0.570. The van der Waals surface area contributed by atoms with Gasteiger partial charge in [0.2, 0.25) is 0 Å². The van der Waals surface area contributed by atoms with Gasteiger partial charge in [-0.2, -0.15) is 0 Å². The number of piperidine rings is 1. The number of carbonyl (C=O) groups is 1. The zero-order chi connectivity index (χ0) is 8.72. The van der Waals surface area contributed by atoms with E-state index in [9.17, 15) is 4.79 Å². The molecule has 3 heteroatoms. The zero-order valence-electron chi connectivity index (χ0n) is 7.29. The molecule has 4 atom stereocenters. The third kappa shape index (κ3) is 1.12. The first kappa shape index (κ1) is 8.05. The van der Waals surface area contributed by atoms with Gasteiger partial charge >= 0.3 is 5.97 Å². The molecule has 0 aromatic rings. The van der Waals surface area contributed by atoms with Crippen molar-refractivity contribution < 1.29 is 9.90 Å². The fourth-order valence-electron chi connectivity index (χ4n) is 2.58. The van der Waals surface area contributed by atoms with E-state index >= 15 is 0 Å². The highest BCUT2D eigenvalue weighted by molar-refractivity contribution is 5.70. The van der Waals surface area contributed by atoms with Gasteiger partial charge in [-0.25, -0.2) is 0 Å². The second-order valence-corrected chi connectivity index (χ2v) is 4.09. The first-order valence-corrected chi connectivity index (χ1v) is 4.67. The Morgan fingerprint density at radius 2 is 2.25 bits per heavy atom. The van der Waals surface area contributed by atoms with E-state index < -0.39 is 5.97 Å². The van der Waals surface area contributed by atoms with Gasteiger partial charge in [-0.15, -0.1) is 0 Å². The van der Waals surface area contributed by atoms with Crippen molar-refractivity contribution in [1.29, 1.82) is 0 Å². The molecule has 4 unspecified atom stereocenters. The minimum atomic E-state index is -0.610. The van der Waals surface area contributed by atoms with Crippen molar-refractivity contribution in [1.82, 2.24) is 5.32 Å². The average molecular weight is 169 g/mol. The van der Waals surface area contributed by atoms with Crippen LogP contribution in [0.15, 0.2) is 0 Å². The van der Waals surface area contributed by atoms with E-state index in [-0.39, 0.29) is 5.92 Å². The van der Waals surface area contributed by atoms with Gasteiger partial charge < -0.3 is 10.4 Å². The van der Waals surface area contributed by atoms with Crippen molar-refractivity contribution in [3.63, 3.8) is 0 Å². The molecule has 0 aromatic heterocycles. The highest BCUT2D eigenvalue weighted by atomic mass is 16.4. The van der Waals surface area contributed by atoms with E-state index in [0.717, 1.165) is 12.8 Å². The Morgan fingerprint density at radius 1 is 1.50 bits per heavy atom. The van der Waals surface area contributed by atoms with Crippen LogP contribution in [0.5, 0.6) is 0 Å². The van der Waals surface area contributed by atoms with E-state index in [1.54, 1.807) is 0 Å². The highest BCUT2D eigenvalue weighted by Gasteiger charge is 2.42. The third-order valence-electron chi connectivity index (χ3n) is 3.40. The fraction of sp³-hybridized carbons (Fsp3) is 0.889. The van der Waals surface area contributed by atoms with Gasteiger partial charge in [0.15, 0.2) is 0 Å². The third-order valence-corrected chi connectivity index (χ3v) is 3.40. The van der Waals surface area contributed by atoms with Crippen LogP contribution in [0.4, 0.5) is 0 Å². The maximum absolute atomic E-state index is 10.9. The van der Waals surface area contributed by atoms with Crippen molar-refractivity contribution >= 4 is 5.97 Å². The summed E-state index contributed by atoms with van der Waals surface area (Å²) in [4.78, 5) is 10.9. The number of rotatable bonds is 1. The minimum Gasteiger partial charge on any atom is -0.481 e. The summed E-state index contributed by atoms with van der Waals surface area (Å²) in [7, 11) is 0. The van der Waals surface area contributed by atoms with Crippen LogP contribution in [0.3, 0.4) is 0 Å². The Labute approximate surface area is 72.2 Å². The van der Waals surface area contributed by atoms with Gasteiger partial charge in [0.1, 0.15) is 0 Å². The largest absolute Gasteiger partial charge is 0.481 e. The Bertz CT molecular complexity index is 205. The van der Waals surface area contributed by atoms with Crippen molar-refractivity contribution in [3.8, 4) is 0 Å². The summed E-state index contributed by atoms with van der Waals surface area (Å²) in [6, 6.07) is 0.942. The number of fused-ring (bicyclic) bond motifs is 2. The molecule has 2 N–H and O–H groups in total. The second-order valence-electron chi connectivity index (χ2n) is 4.09. The topological polar surface area (TPSA) is 49.3 Å². The molecule has 2 aliphatic rings. The van der Waals surface area contributed by atoms with Crippen molar-refractivity contribution in [2.75, 3.05) is 0 Å². The van der Waals surface area contributed by atoms with Gasteiger partial charge in [0.05, 0.1) is 5.92 Å². The summed E-state index contributed by atoms with van der Waals surface area (Å²) in [6.07, 6.45) is 3.15. The molecule has 2 aliphatic heterocycles. The van der Waals surface area contributed by atoms with Crippen molar-refractivity contribution in [3.05, 3.63) is 0 Å². The lowest BCUT2D eigenvalue weighted by Gasteiger charge is -2.32. The monoisotopic (exact) mass is 169 g/mol. The molecular formula is C9H15NO2. The average Bonchev–Trinajstić information content (AvgIpc) is 2.41. The van der Waals surface area contributed by atoms with E-state index in [4.69, 9.17) is 5.11 Å². The van der Waals surface area contributed by atoms with Crippen LogP contribution < -0.4 is 5.32 Å². The number of carboxylic acid groups (broad SMARTS) is 1. The Kier molecular flexibility index (Phi) is 1.83. The Morgan fingerprint density at radius 3 is 2.92 bits per heavy atom. The molecule has 0 aromatic carbocycles. The molecular weight excluding hydrogens is 154 g/mol. The molecule has 3 nitrogen and oxygen atoms in total.